The van der Waals surface area contributed by atoms with E-state index in [4.69, 9.17) is 0 Å². The van der Waals surface area contributed by atoms with Crippen molar-refractivity contribution in [2.45, 2.75) is 57.0 Å². The second kappa shape index (κ2) is 8.19. The molecule has 1 aliphatic heterocycles. The molecule has 1 aliphatic carbocycles. The number of hydrogen-bond donors (Lipinski definition) is 1. The van der Waals surface area contributed by atoms with Gasteiger partial charge in [-0.15, -0.1) is 0 Å². The SMILES string of the molecule is CCCc1cc(=O)[nH]c(SCC(=O)N2CC[C@@H]3CCCC[C@H]3C2)n1. The highest BCUT2D eigenvalue weighted by Gasteiger charge is 2.32. The highest BCUT2D eigenvalue weighted by atomic mass is 32.2. The lowest BCUT2D eigenvalue weighted by atomic mass is 9.75. The molecule has 5 nitrogen and oxygen atoms in total. The molecule has 3 rings (SSSR count). The molecule has 1 aromatic heterocycles. The molecule has 1 aromatic rings. The lowest BCUT2D eigenvalue weighted by Gasteiger charge is -2.41. The number of amides is 1. The number of likely N-dealkylation sites (tertiary alicyclic amines) is 1. The summed E-state index contributed by atoms with van der Waals surface area (Å²) in [7, 11) is 0. The number of nitrogens with one attached hydrogen (secondary N) is 1. The van der Waals surface area contributed by atoms with Gasteiger partial charge in [0.25, 0.3) is 5.56 Å². The molecule has 2 fully saturated rings. The second-order valence-corrected chi connectivity index (χ2v) is 7.98. The Morgan fingerprint density at radius 1 is 1.33 bits per heavy atom. The van der Waals surface area contributed by atoms with Crippen molar-refractivity contribution in [2.24, 2.45) is 11.8 Å². The van der Waals surface area contributed by atoms with Gasteiger partial charge in [0.15, 0.2) is 5.16 Å². The van der Waals surface area contributed by atoms with Crippen molar-refractivity contribution in [3.05, 3.63) is 22.1 Å². The van der Waals surface area contributed by atoms with E-state index < -0.39 is 0 Å². The monoisotopic (exact) mass is 349 g/mol. The summed E-state index contributed by atoms with van der Waals surface area (Å²) in [4.78, 5) is 33.4. The molecule has 6 heteroatoms. The normalized spacial score (nSPS) is 23.8. The van der Waals surface area contributed by atoms with Gasteiger partial charge in [-0.05, 0) is 31.1 Å². The Bertz CT molecular complexity index is 631. The maximum atomic E-state index is 12.5. The first-order chi connectivity index (χ1) is 11.7. The maximum absolute atomic E-state index is 12.5. The summed E-state index contributed by atoms with van der Waals surface area (Å²) in [6, 6.07) is 1.54. The van der Waals surface area contributed by atoms with Gasteiger partial charge in [0.05, 0.1) is 5.75 Å². The molecule has 132 valence electrons. The maximum Gasteiger partial charge on any atom is 0.251 e. The fourth-order valence-corrected chi connectivity index (χ4v) is 4.78. The number of aromatic nitrogens is 2. The van der Waals surface area contributed by atoms with Crippen molar-refractivity contribution < 1.29 is 4.79 Å². The van der Waals surface area contributed by atoms with E-state index in [0.29, 0.717) is 16.8 Å². The second-order valence-electron chi connectivity index (χ2n) is 7.01. The fourth-order valence-electron chi connectivity index (χ4n) is 3.98. The molecule has 24 heavy (non-hydrogen) atoms. The van der Waals surface area contributed by atoms with Crippen LogP contribution in [0.4, 0.5) is 0 Å². The van der Waals surface area contributed by atoms with Crippen LogP contribution in [0.5, 0.6) is 0 Å². The number of thioether (sulfide) groups is 1. The number of nitrogens with zero attached hydrogens (tertiary/aromatic N) is 2. The molecule has 1 saturated heterocycles. The van der Waals surface area contributed by atoms with Crippen LogP contribution in [-0.2, 0) is 11.2 Å². The molecule has 1 N–H and O–H groups in total. The van der Waals surface area contributed by atoms with E-state index in [1.807, 2.05) is 4.90 Å². The molecule has 1 amide bonds. The molecule has 0 unspecified atom stereocenters. The third kappa shape index (κ3) is 4.41. The zero-order valence-electron chi connectivity index (χ0n) is 14.4. The van der Waals surface area contributed by atoms with Crippen LogP contribution in [0, 0.1) is 11.8 Å². The number of H-pyrrole nitrogens is 1. The first kappa shape index (κ1) is 17.5. The van der Waals surface area contributed by atoms with Crippen LogP contribution in [0.25, 0.3) is 0 Å². The average Bonchev–Trinajstić information content (AvgIpc) is 2.59. The zero-order chi connectivity index (χ0) is 16.9. The Hall–Kier alpha value is -1.30. The third-order valence-electron chi connectivity index (χ3n) is 5.26. The highest BCUT2D eigenvalue weighted by Crippen LogP contribution is 2.36. The molecular weight excluding hydrogens is 322 g/mol. The Morgan fingerprint density at radius 2 is 2.12 bits per heavy atom. The van der Waals surface area contributed by atoms with Gasteiger partial charge in [-0.3, -0.25) is 9.59 Å². The van der Waals surface area contributed by atoms with Gasteiger partial charge in [-0.2, -0.15) is 0 Å². The standard InChI is InChI=1S/C18H27N3O2S/c1-2-5-15-10-16(22)20-18(19-15)24-12-17(23)21-9-8-13-6-3-4-7-14(13)11-21/h10,13-14H,2-9,11-12H2,1H3,(H,19,20,22)/t13-,14-/m0/s1. The summed E-state index contributed by atoms with van der Waals surface area (Å²) >= 11 is 1.35. The molecule has 2 atom stereocenters. The number of piperidine rings is 1. The van der Waals surface area contributed by atoms with E-state index in [2.05, 4.69) is 16.9 Å². The Morgan fingerprint density at radius 3 is 2.92 bits per heavy atom. The van der Waals surface area contributed by atoms with Crippen LogP contribution in [0.1, 0.15) is 51.1 Å². The lowest BCUT2D eigenvalue weighted by Crippen LogP contribution is -2.45. The van der Waals surface area contributed by atoms with Crippen LogP contribution in [0.2, 0.25) is 0 Å². The smallest absolute Gasteiger partial charge is 0.251 e. The van der Waals surface area contributed by atoms with Crippen molar-refractivity contribution in [2.75, 3.05) is 18.8 Å². The van der Waals surface area contributed by atoms with Gasteiger partial charge in [0.1, 0.15) is 0 Å². The van der Waals surface area contributed by atoms with Gasteiger partial charge in [0, 0.05) is 24.8 Å². The first-order valence-electron chi connectivity index (χ1n) is 9.16. The highest BCUT2D eigenvalue weighted by molar-refractivity contribution is 7.99. The van der Waals surface area contributed by atoms with Gasteiger partial charge in [-0.1, -0.05) is 44.4 Å². The predicted molar refractivity (Wildman–Crippen MR) is 96.2 cm³/mol. The number of rotatable bonds is 5. The van der Waals surface area contributed by atoms with E-state index in [0.717, 1.165) is 44.0 Å². The molecular formula is C18H27N3O2S. The minimum Gasteiger partial charge on any atom is -0.342 e. The number of carbonyl (C=O) groups is 1. The molecule has 1 saturated carbocycles. The van der Waals surface area contributed by atoms with E-state index in [1.54, 1.807) is 6.07 Å². The van der Waals surface area contributed by atoms with Crippen molar-refractivity contribution >= 4 is 17.7 Å². The van der Waals surface area contributed by atoms with Crippen molar-refractivity contribution in [3.63, 3.8) is 0 Å². The first-order valence-corrected chi connectivity index (χ1v) is 10.1. The summed E-state index contributed by atoms with van der Waals surface area (Å²) in [6.07, 6.45) is 8.19. The van der Waals surface area contributed by atoms with Crippen LogP contribution in [0.15, 0.2) is 16.0 Å². The Labute approximate surface area is 147 Å². The summed E-state index contributed by atoms with van der Waals surface area (Å²) in [5.41, 5.74) is 0.672. The summed E-state index contributed by atoms with van der Waals surface area (Å²) in [6.45, 7) is 3.87. The van der Waals surface area contributed by atoms with Gasteiger partial charge >= 0.3 is 0 Å². The largest absolute Gasteiger partial charge is 0.342 e. The minimum absolute atomic E-state index is 0.133. The number of fused-ring (bicyclic) bond motifs is 1. The van der Waals surface area contributed by atoms with E-state index in [1.165, 1.54) is 37.4 Å². The number of aryl methyl sites for hydroxylation is 1. The number of aromatic amines is 1. The van der Waals surface area contributed by atoms with Crippen molar-refractivity contribution in [1.29, 1.82) is 0 Å². The minimum atomic E-state index is -0.133. The van der Waals surface area contributed by atoms with E-state index in [-0.39, 0.29) is 11.5 Å². The van der Waals surface area contributed by atoms with E-state index in [9.17, 15) is 9.59 Å². The van der Waals surface area contributed by atoms with Gasteiger partial charge < -0.3 is 9.88 Å². The predicted octanol–water partition coefficient (Wildman–Crippen LogP) is 2.85. The number of carbonyl (C=O) groups excluding carboxylic acids is 1. The van der Waals surface area contributed by atoms with Crippen molar-refractivity contribution in [1.82, 2.24) is 14.9 Å². The molecule has 2 aliphatic rings. The third-order valence-corrected chi connectivity index (χ3v) is 6.11. The van der Waals surface area contributed by atoms with Crippen LogP contribution >= 0.6 is 11.8 Å². The van der Waals surface area contributed by atoms with Crippen LogP contribution < -0.4 is 5.56 Å². The summed E-state index contributed by atoms with van der Waals surface area (Å²) < 4.78 is 0. The molecule has 2 heterocycles. The molecule has 0 spiro atoms. The summed E-state index contributed by atoms with van der Waals surface area (Å²) in [5, 5.41) is 0.562. The number of hydrogen-bond acceptors (Lipinski definition) is 4. The lowest BCUT2D eigenvalue weighted by molar-refractivity contribution is -0.131. The van der Waals surface area contributed by atoms with Gasteiger partial charge in [-0.25, -0.2) is 4.98 Å². The van der Waals surface area contributed by atoms with Gasteiger partial charge in [0.2, 0.25) is 5.91 Å². The van der Waals surface area contributed by atoms with E-state index >= 15 is 0 Å². The Balaban J connectivity index is 1.55. The van der Waals surface area contributed by atoms with Crippen LogP contribution in [0.3, 0.4) is 0 Å². The quantitative estimate of drug-likeness (QED) is 0.656. The topological polar surface area (TPSA) is 66.1 Å². The molecule has 0 aromatic carbocycles. The summed E-state index contributed by atoms with van der Waals surface area (Å²) in [5.74, 6) is 2.06. The Kier molecular flexibility index (Phi) is 5.98. The van der Waals surface area contributed by atoms with Crippen molar-refractivity contribution in [3.8, 4) is 0 Å². The average molecular weight is 350 g/mol. The molecule has 0 radical (unpaired) electrons. The molecule has 0 bridgehead atoms. The van der Waals surface area contributed by atoms with Crippen LogP contribution in [-0.4, -0.2) is 39.6 Å². The zero-order valence-corrected chi connectivity index (χ0v) is 15.2. The fraction of sp³-hybridized carbons (Fsp3) is 0.722.